The molecule has 0 saturated carbocycles. The molecular weight excluding hydrogens is 256 g/mol. The number of nitrogen functional groups attached to an aromatic ring is 1. The highest BCUT2D eigenvalue weighted by molar-refractivity contribution is 7.98. The first-order valence-electron chi connectivity index (χ1n) is 5.34. The summed E-state index contributed by atoms with van der Waals surface area (Å²) < 4.78 is 0. The average Bonchev–Trinajstić information content (AvgIpc) is 2.66. The third-order valence-corrected chi connectivity index (χ3v) is 3.76. The van der Waals surface area contributed by atoms with Crippen molar-refractivity contribution < 1.29 is 4.79 Å². The number of anilines is 2. The highest BCUT2D eigenvalue weighted by atomic mass is 32.2. The summed E-state index contributed by atoms with van der Waals surface area (Å²) in [5.74, 6) is 1.17. The molecular formula is C10H18N4OS2. The summed E-state index contributed by atoms with van der Waals surface area (Å²) in [4.78, 5) is 18.4. The van der Waals surface area contributed by atoms with Crippen LogP contribution in [0.1, 0.15) is 16.6 Å². The van der Waals surface area contributed by atoms with E-state index < -0.39 is 0 Å². The van der Waals surface area contributed by atoms with Gasteiger partial charge in [0.25, 0.3) is 5.91 Å². The minimum Gasteiger partial charge on any atom is -0.382 e. The number of carbonyl (C=O) groups is 1. The third-order valence-electron chi connectivity index (χ3n) is 2.15. The maximum Gasteiger partial charge on any atom is 0.267 e. The number of hydrogen-bond acceptors (Lipinski definition) is 6. The lowest BCUT2D eigenvalue weighted by molar-refractivity contribution is 0.0809. The summed E-state index contributed by atoms with van der Waals surface area (Å²) in [5, 5.41) is 3.76. The van der Waals surface area contributed by atoms with E-state index in [4.69, 9.17) is 5.73 Å². The molecule has 17 heavy (non-hydrogen) atoms. The molecule has 0 radical (unpaired) electrons. The lowest BCUT2D eigenvalue weighted by Crippen LogP contribution is -2.28. The number of thioether (sulfide) groups is 1. The molecule has 0 aliphatic heterocycles. The first kappa shape index (κ1) is 14.1. The molecule has 3 N–H and O–H groups in total. The summed E-state index contributed by atoms with van der Waals surface area (Å²) in [5.41, 5.74) is 5.75. The van der Waals surface area contributed by atoms with E-state index in [1.807, 2.05) is 13.2 Å². The number of aromatic nitrogens is 1. The van der Waals surface area contributed by atoms with Gasteiger partial charge in [0, 0.05) is 25.9 Å². The third kappa shape index (κ3) is 3.78. The van der Waals surface area contributed by atoms with Crippen molar-refractivity contribution in [3.05, 3.63) is 4.88 Å². The molecule has 0 aliphatic carbocycles. The summed E-state index contributed by atoms with van der Waals surface area (Å²) in [7, 11) is 1.78. The zero-order chi connectivity index (χ0) is 12.8. The van der Waals surface area contributed by atoms with Crippen molar-refractivity contribution in [2.24, 2.45) is 0 Å². The second-order valence-corrected chi connectivity index (χ2v) is 5.47. The Balaban J connectivity index is 2.73. The molecule has 0 fully saturated rings. The van der Waals surface area contributed by atoms with Crippen LogP contribution in [-0.4, -0.2) is 47.9 Å². The molecule has 0 bridgehead atoms. The number of hydrogen-bond donors (Lipinski definition) is 2. The van der Waals surface area contributed by atoms with E-state index in [0.29, 0.717) is 22.4 Å². The number of nitrogens with zero attached hydrogens (tertiary/aromatic N) is 2. The first-order chi connectivity index (χ1) is 8.10. The van der Waals surface area contributed by atoms with Gasteiger partial charge in [-0.05, 0) is 13.2 Å². The van der Waals surface area contributed by atoms with Crippen molar-refractivity contribution in [2.75, 3.05) is 43.2 Å². The lowest BCUT2D eigenvalue weighted by atomic mass is 10.4. The monoisotopic (exact) mass is 274 g/mol. The number of nitrogens with one attached hydrogen (secondary N) is 1. The van der Waals surface area contributed by atoms with Crippen LogP contribution in [0.2, 0.25) is 0 Å². The SMILES string of the molecule is CCNc1nc(N)c(C(=O)N(C)CCSC)s1. The van der Waals surface area contributed by atoms with Gasteiger partial charge in [0.2, 0.25) is 0 Å². The topological polar surface area (TPSA) is 71.2 Å². The first-order valence-corrected chi connectivity index (χ1v) is 7.55. The number of rotatable bonds is 6. The molecule has 0 aliphatic rings. The van der Waals surface area contributed by atoms with Gasteiger partial charge in [-0.2, -0.15) is 11.8 Å². The van der Waals surface area contributed by atoms with E-state index in [-0.39, 0.29) is 5.91 Å². The second kappa shape index (κ2) is 6.70. The number of thiazole rings is 1. The molecule has 0 aromatic carbocycles. The zero-order valence-electron chi connectivity index (χ0n) is 10.3. The second-order valence-electron chi connectivity index (χ2n) is 3.48. The van der Waals surface area contributed by atoms with E-state index in [1.165, 1.54) is 11.3 Å². The molecule has 1 aromatic heterocycles. The highest BCUT2D eigenvalue weighted by Crippen LogP contribution is 2.25. The molecule has 96 valence electrons. The van der Waals surface area contributed by atoms with Crippen LogP contribution < -0.4 is 11.1 Å². The summed E-state index contributed by atoms with van der Waals surface area (Å²) in [6.07, 6.45) is 2.02. The normalized spacial score (nSPS) is 10.3. The predicted octanol–water partition coefficient (Wildman–Crippen LogP) is 1.59. The van der Waals surface area contributed by atoms with Crippen molar-refractivity contribution in [3.63, 3.8) is 0 Å². The van der Waals surface area contributed by atoms with Gasteiger partial charge < -0.3 is 16.0 Å². The number of nitrogens with two attached hydrogens (primary N) is 1. The van der Waals surface area contributed by atoms with Gasteiger partial charge in [-0.3, -0.25) is 4.79 Å². The molecule has 0 saturated heterocycles. The van der Waals surface area contributed by atoms with Gasteiger partial charge in [0.15, 0.2) is 5.13 Å². The molecule has 7 heteroatoms. The van der Waals surface area contributed by atoms with Crippen LogP contribution in [0, 0.1) is 0 Å². The van der Waals surface area contributed by atoms with Crippen LogP contribution in [0.3, 0.4) is 0 Å². The van der Waals surface area contributed by atoms with Crippen molar-refractivity contribution in [1.82, 2.24) is 9.88 Å². The molecule has 1 aromatic rings. The number of amides is 1. The van der Waals surface area contributed by atoms with Gasteiger partial charge in [-0.25, -0.2) is 4.98 Å². The van der Waals surface area contributed by atoms with Crippen LogP contribution in [0.15, 0.2) is 0 Å². The Morgan fingerprint density at radius 2 is 2.35 bits per heavy atom. The molecule has 1 rings (SSSR count). The highest BCUT2D eigenvalue weighted by Gasteiger charge is 2.19. The Hall–Kier alpha value is -0.950. The van der Waals surface area contributed by atoms with Crippen molar-refractivity contribution >= 4 is 40.0 Å². The minimum absolute atomic E-state index is 0.0572. The molecule has 1 heterocycles. The quantitative estimate of drug-likeness (QED) is 0.824. The van der Waals surface area contributed by atoms with Crippen molar-refractivity contribution in [1.29, 1.82) is 0 Å². The maximum atomic E-state index is 12.1. The Labute approximate surface area is 110 Å². The molecule has 0 unspecified atom stereocenters. The lowest BCUT2D eigenvalue weighted by Gasteiger charge is -2.15. The van der Waals surface area contributed by atoms with Crippen LogP contribution in [0.5, 0.6) is 0 Å². The molecule has 0 atom stereocenters. The van der Waals surface area contributed by atoms with E-state index in [1.54, 1.807) is 23.7 Å². The summed E-state index contributed by atoms with van der Waals surface area (Å²) in [6.45, 7) is 3.46. The Morgan fingerprint density at radius 3 is 2.94 bits per heavy atom. The van der Waals surface area contributed by atoms with E-state index in [0.717, 1.165) is 12.3 Å². The zero-order valence-corrected chi connectivity index (χ0v) is 12.0. The Morgan fingerprint density at radius 1 is 1.65 bits per heavy atom. The standard InChI is InChI=1S/C10H18N4OS2/c1-4-12-10-13-8(11)7(17-10)9(15)14(2)5-6-16-3/h4-6,11H2,1-3H3,(H,12,13). The average molecular weight is 274 g/mol. The fourth-order valence-electron chi connectivity index (χ4n) is 1.22. The minimum atomic E-state index is -0.0572. The largest absolute Gasteiger partial charge is 0.382 e. The fourth-order valence-corrected chi connectivity index (χ4v) is 2.62. The van der Waals surface area contributed by atoms with Gasteiger partial charge in [-0.15, -0.1) is 0 Å². The van der Waals surface area contributed by atoms with Crippen LogP contribution >= 0.6 is 23.1 Å². The predicted molar refractivity (Wildman–Crippen MR) is 76.0 cm³/mol. The molecule has 0 spiro atoms. The number of carbonyl (C=O) groups excluding carboxylic acids is 1. The molecule has 5 nitrogen and oxygen atoms in total. The van der Waals surface area contributed by atoms with Crippen LogP contribution in [0.25, 0.3) is 0 Å². The van der Waals surface area contributed by atoms with Gasteiger partial charge in [0.05, 0.1) is 0 Å². The van der Waals surface area contributed by atoms with Gasteiger partial charge >= 0.3 is 0 Å². The van der Waals surface area contributed by atoms with Crippen molar-refractivity contribution in [3.8, 4) is 0 Å². The van der Waals surface area contributed by atoms with Crippen LogP contribution in [-0.2, 0) is 0 Å². The van der Waals surface area contributed by atoms with E-state index in [2.05, 4.69) is 10.3 Å². The van der Waals surface area contributed by atoms with Gasteiger partial charge in [0.1, 0.15) is 10.7 Å². The molecule has 1 amide bonds. The smallest absolute Gasteiger partial charge is 0.267 e. The fraction of sp³-hybridized carbons (Fsp3) is 0.600. The maximum absolute atomic E-state index is 12.1. The van der Waals surface area contributed by atoms with Gasteiger partial charge in [-0.1, -0.05) is 11.3 Å². The van der Waals surface area contributed by atoms with E-state index in [9.17, 15) is 4.79 Å². The van der Waals surface area contributed by atoms with Crippen molar-refractivity contribution in [2.45, 2.75) is 6.92 Å². The van der Waals surface area contributed by atoms with Crippen LogP contribution in [0.4, 0.5) is 10.9 Å². The summed E-state index contributed by atoms with van der Waals surface area (Å²) >= 11 is 3.02. The Kier molecular flexibility index (Phi) is 5.57. The Bertz CT molecular complexity index is 380. The van der Waals surface area contributed by atoms with E-state index >= 15 is 0 Å². The summed E-state index contributed by atoms with van der Waals surface area (Å²) in [6, 6.07) is 0.